The van der Waals surface area contributed by atoms with Crippen molar-refractivity contribution in [3.63, 3.8) is 0 Å². The van der Waals surface area contributed by atoms with Gasteiger partial charge in [-0.25, -0.2) is 4.98 Å². The second-order valence-electron chi connectivity index (χ2n) is 6.06. The maximum atomic E-state index is 12.5. The highest BCUT2D eigenvalue weighted by Gasteiger charge is 2.27. The van der Waals surface area contributed by atoms with E-state index >= 15 is 0 Å². The van der Waals surface area contributed by atoms with Crippen molar-refractivity contribution in [1.82, 2.24) is 14.5 Å². The quantitative estimate of drug-likeness (QED) is 0.690. The molecule has 6 nitrogen and oxygen atoms in total. The van der Waals surface area contributed by atoms with Gasteiger partial charge in [-0.05, 0) is 36.8 Å². The van der Waals surface area contributed by atoms with E-state index in [4.69, 9.17) is 34.7 Å². The Labute approximate surface area is 160 Å². The minimum absolute atomic E-state index is 0.0763. The van der Waals surface area contributed by atoms with E-state index in [0.717, 1.165) is 30.3 Å². The zero-order valence-electron chi connectivity index (χ0n) is 14.2. The number of nitrogen functional groups attached to an aromatic ring is 2. The van der Waals surface area contributed by atoms with E-state index in [1.807, 2.05) is 16.7 Å². The summed E-state index contributed by atoms with van der Waals surface area (Å²) < 4.78 is 1.94. The van der Waals surface area contributed by atoms with E-state index in [0.29, 0.717) is 21.5 Å². The fourth-order valence-electron chi connectivity index (χ4n) is 2.79. The molecular formula is C18H19Cl2N5O. The molecule has 1 saturated carbocycles. The summed E-state index contributed by atoms with van der Waals surface area (Å²) in [4.78, 5) is 19.7. The normalized spacial score (nSPS) is 13.3. The molecule has 2 heterocycles. The summed E-state index contributed by atoms with van der Waals surface area (Å²) in [5.74, 6) is 0.348. The summed E-state index contributed by atoms with van der Waals surface area (Å²) in [5, 5.41) is 2.50. The van der Waals surface area contributed by atoms with Crippen LogP contribution in [-0.4, -0.2) is 14.5 Å². The Morgan fingerprint density at radius 2 is 1.96 bits per heavy atom. The van der Waals surface area contributed by atoms with E-state index in [2.05, 4.69) is 23.0 Å². The minimum Gasteiger partial charge on any atom is -0.382 e. The van der Waals surface area contributed by atoms with Crippen LogP contribution < -0.4 is 17.0 Å². The smallest absolute Gasteiger partial charge is 0.260 e. The zero-order chi connectivity index (χ0) is 18.8. The van der Waals surface area contributed by atoms with Crippen LogP contribution in [-0.2, 0) is 6.42 Å². The number of nitrogens with two attached hydrogens (primary N) is 2. The number of hydrogen-bond acceptors (Lipinski definition) is 5. The van der Waals surface area contributed by atoms with Crippen molar-refractivity contribution >= 4 is 45.7 Å². The molecule has 4 N–H and O–H groups in total. The lowest BCUT2D eigenvalue weighted by Crippen LogP contribution is -2.22. The lowest BCUT2D eigenvalue weighted by Gasteiger charge is -2.12. The third kappa shape index (κ3) is 3.76. The van der Waals surface area contributed by atoms with Gasteiger partial charge in [0.1, 0.15) is 10.8 Å². The Morgan fingerprint density at radius 1 is 1.23 bits per heavy atom. The highest BCUT2D eigenvalue weighted by atomic mass is 35.5. The van der Waals surface area contributed by atoms with Crippen LogP contribution in [0.1, 0.15) is 31.5 Å². The predicted molar refractivity (Wildman–Crippen MR) is 107 cm³/mol. The average Bonchev–Trinajstić information content (AvgIpc) is 3.43. The molecule has 4 rings (SSSR count). The molecule has 1 aliphatic carbocycles. The zero-order valence-corrected chi connectivity index (χ0v) is 15.8. The Balaban J connectivity index is 0.000000185. The SMILES string of the molecule is CCc1cc2cccc(Cl)c2c(=O)n1C1CC1.Nc1ncc(Cl)c(N)n1. The van der Waals surface area contributed by atoms with Crippen molar-refractivity contribution < 1.29 is 0 Å². The van der Waals surface area contributed by atoms with Gasteiger partial charge in [0, 0.05) is 11.7 Å². The lowest BCUT2D eigenvalue weighted by molar-refractivity contribution is 0.670. The molecule has 1 aliphatic rings. The molecule has 0 spiro atoms. The molecule has 2 aromatic heterocycles. The number of nitrogens with zero attached hydrogens (tertiary/aromatic N) is 3. The molecule has 0 unspecified atom stereocenters. The molecule has 0 atom stereocenters. The summed E-state index contributed by atoms with van der Waals surface area (Å²) in [6, 6.07) is 8.14. The van der Waals surface area contributed by atoms with Gasteiger partial charge in [0.05, 0.1) is 16.6 Å². The Hall–Kier alpha value is -2.31. The van der Waals surface area contributed by atoms with Gasteiger partial charge in [-0.1, -0.05) is 42.3 Å². The summed E-state index contributed by atoms with van der Waals surface area (Å²) in [7, 11) is 0. The first kappa shape index (κ1) is 18.5. The highest BCUT2D eigenvalue weighted by Crippen LogP contribution is 2.35. The number of aryl methyl sites for hydroxylation is 1. The van der Waals surface area contributed by atoms with Gasteiger partial charge < -0.3 is 16.0 Å². The van der Waals surface area contributed by atoms with E-state index in [1.165, 1.54) is 6.20 Å². The number of rotatable bonds is 2. The number of fused-ring (bicyclic) bond motifs is 1. The van der Waals surface area contributed by atoms with Crippen LogP contribution in [0, 0.1) is 0 Å². The Morgan fingerprint density at radius 3 is 2.54 bits per heavy atom. The van der Waals surface area contributed by atoms with Crippen molar-refractivity contribution in [2.45, 2.75) is 32.2 Å². The summed E-state index contributed by atoms with van der Waals surface area (Å²) in [6.45, 7) is 2.09. The van der Waals surface area contributed by atoms with E-state index in [1.54, 1.807) is 6.07 Å². The average molecular weight is 392 g/mol. The molecule has 26 heavy (non-hydrogen) atoms. The molecule has 3 aromatic rings. The number of anilines is 2. The molecule has 0 radical (unpaired) electrons. The molecule has 1 fully saturated rings. The maximum absolute atomic E-state index is 12.5. The van der Waals surface area contributed by atoms with Crippen LogP contribution in [0.2, 0.25) is 10.0 Å². The van der Waals surface area contributed by atoms with Crippen LogP contribution in [0.4, 0.5) is 11.8 Å². The van der Waals surface area contributed by atoms with Gasteiger partial charge in [-0.3, -0.25) is 4.79 Å². The van der Waals surface area contributed by atoms with Crippen LogP contribution in [0.3, 0.4) is 0 Å². The number of halogens is 2. The molecule has 0 aliphatic heterocycles. The standard InChI is InChI=1S/C14H14ClNO.C4H5ClN4/c1-2-10-8-9-4-3-5-12(15)13(9)14(17)16(10)11-6-7-11;5-2-1-8-4(7)9-3(2)6/h3-5,8,11H,2,6-7H2,1H3;1H,(H4,6,7,8,9). The van der Waals surface area contributed by atoms with Gasteiger partial charge in [0.15, 0.2) is 0 Å². The third-order valence-corrected chi connectivity index (χ3v) is 4.78. The third-order valence-electron chi connectivity index (χ3n) is 4.17. The number of benzene rings is 1. The molecule has 0 amide bonds. The summed E-state index contributed by atoms with van der Waals surface area (Å²) >= 11 is 11.6. The first-order chi connectivity index (χ1) is 12.4. The van der Waals surface area contributed by atoms with Gasteiger partial charge >= 0.3 is 0 Å². The van der Waals surface area contributed by atoms with Gasteiger partial charge in [-0.15, -0.1) is 0 Å². The van der Waals surface area contributed by atoms with Crippen LogP contribution >= 0.6 is 23.2 Å². The van der Waals surface area contributed by atoms with Crippen molar-refractivity contribution in [2.24, 2.45) is 0 Å². The van der Waals surface area contributed by atoms with Crippen molar-refractivity contribution in [2.75, 3.05) is 11.5 Å². The predicted octanol–water partition coefficient (Wildman–Crippen LogP) is 3.85. The van der Waals surface area contributed by atoms with Gasteiger partial charge in [0.25, 0.3) is 5.56 Å². The van der Waals surface area contributed by atoms with Crippen LogP contribution in [0.15, 0.2) is 35.3 Å². The van der Waals surface area contributed by atoms with E-state index in [9.17, 15) is 4.79 Å². The van der Waals surface area contributed by atoms with Crippen LogP contribution in [0.25, 0.3) is 10.8 Å². The number of aromatic nitrogens is 3. The minimum atomic E-state index is 0.0763. The summed E-state index contributed by atoms with van der Waals surface area (Å²) in [6.07, 6.45) is 4.47. The molecule has 0 bridgehead atoms. The molecule has 0 saturated heterocycles. The largest absolute Gasteiger partial charge is 0.382 e. The van der Waals surface area contributed by atoms with E-state index < -0.39 is 0 Å². The molecule has 136 valence electrons. The molecule has 1 aromatic carbocycles. The second kappa shape index (κ2) is 7.51. The van der Waals surface area contributed by atoms with Crippen molar-refractivity contribution in [3.8, 4) is 0 Å². The topological polar surface area (TPSA) is 99.8 Å². The maximum Gasteiger partial charge on any atom is 0.260 e. The fraction of sp³-hybridized carbons (Fsp3) is 0.278. The Bertz CT molecular complexity index is 1010. The number of hydrogen-bond donors (Lipinski definition) is 2. The Kier molecular flexibility index (Phi) is 5.34. The first-order valence-corrected chi connectivity index (χ1v) is 9.04. The van der Waals surface area contributed by atoms with Gasteiger partial charge in [-0.2, -0.15) is 4.98 Å². The first-order valence-electron chi connectivity index (χ1n) is 8.28. The highest BCUT2D eigenvalue weighted by molar-refractivity contribution is 6.35. The second-order valence-corrected chi connectivity index (χ2v) is 6.88. The molecular weight excluding hydrogens is 373 g/mol. The lowest BCUT2D eigenvalue weighted by atomic mass is 10.1. The fourth-order valence-corrected chi connectivity index (χ4v) is 3.14. The van der Waals surface area contributed by atoms with Crippen LogP contribution in [0.5, 0.6) is 0 Å². The van der Waals surface area contributed by atoms with Crippen molar-refractivity contribution in [3.05, 3.63) is 56.6 Å². The monoisotopic (exact) mass is 391 g/mol. The van der Waals surface area contributed by atoms with Gasteiger partial charge in [0.2, 0.25) is 5.95 Å². The van der Waals surface area contributed by atoms with Crippen molar-refractivity contribution in [1.29, 1.82) is 0 Å². The molecule has 8 heteroatoms. The summed E-state index contributed by atoms with van der Waals surface area (Å²) in [5.41, 5.74) is 11.6. The number of pyridine rings is 1. The van der Waals surface area contributed by atoms with E-state index in [-0.39, 0.29) is 17.3 Å².